The lowest BCUT2D eigenvalue weighted by Crippen LogP contribution is -2.31. The van der Waals surface area contributed by atoms with Crippen molar-refractivity contribution in [2.45, 2.75) is 44.8 Å². The average Bonchev–Trinajstić information content (AvgIpc) is 3.20. The summed E-state index contributed by atoms with van der Waals surface area (Å²) in [6, 6.07) is 6.40. The van der Waals surface area contributed by atoms with E-state index in [1.54, 1.807) is 0 Å². The number of ether oxygens (including phenoxy) is 2. The minimum atomic E-state index is -0.457. The highest BCUT2D eigenvalue weighted by atomic mass is 16.7. The summed E-state index contributed by atoms with van der Waals surface area (Å²) in [5, 5.41) is 10.5. The molecule has 1 fully saturated rings. The fourth-order valence-electron chi connectivity index (χ4n) is 2.67. The van der Waals surface area contributed by atoms with E-state index in [0.717, 1.165) is 23.6 Å². The average molecular weight is 277 g/mol. The summed E-state index contributed by atoms with van der Waals surface area (Å²) in [5.41, 5.74) is 0.913. The Morgan fingerprint density at radius 1 is 1.30 bits per heavy atom. The summed E-state index contributed by atoms with van der Waals surface area (Å²) >= 11 is 0. The number of nitrogens with zero attached hydrogens (tertiary/aromatic N) is 1. The number of aliphatic hydroxyl groups is 1. The van der Waals surface area contributed by atoms with E-state index in [-0.39, 0.29) is 6.79 Å². The number of hydrogen-bond donors (Lipinski definition) is 1. The molecule has 1 aromatic carbocycles. The first-order valence-corrected chi connectivity index (χ1v) is 7.59. The van der Waals surface area contributed by atoms with E-state index in [9.17, 15) is 5.11 Å². The van der Waals surface area contributed by atoms with Gasteiger partial charge in [0.1, 0.15) is 0 Å². The van der Waals surface area contributed by atoms with E-state index >= 15 is 0 Å². The zero-order valence-electron chi connectivity index (χ0n) is 12.0. The fourth-order valence-corrected chi connectivity index (χ4v) is 2.67. The Hall–Kier alpha value is -1.26. The van der Waals surface area contributed by atoms with Gasteiger partial charge < -0.3 is 14.6 Å². The summed E-state index contributed by atoms with van der Waals surface area (Å²) < 4.78 is 10.7. The van der Waals surface area contributed by atoms with Gasteiger partial charge in [0.25, 0.3) is 0 Å². The molecule has 1 heterocycles. The van der Waals surface area contributed by atoms with Gasteiger partial charge in [0.2, 0.25) is 6.79 Å². The minimum Gasteiger partial charge on any atom is -0.454 e. The zero-order chi connectivity index (χ0) is 13.9. The molecule has 4 nitrogen and oxygen atoms in total. The van der Waals surface area contributed by atoms with Crippen LogP contribution in [0.4, 0.5) is 0 Å². The van der Waals surface area contributed by atoms with Crippen molar-refractivity contribution in [2.75, 3.05) is 19.9 Å². The molecule has 0 aromatic heterocycles. The summed E-state index contributed by atoms with van der Waals surface area (Å²) in [6.07, 6.45) is 4.49. The van der Waals surface area contributed by atoms with Crippen molar-refractivity contribution < 1.29 is 14.6 Å². The Bertz CT molecular complexity index is 459. The van der Waals surface area contributed by atoms with Gasteiger partial charge in [-0.05, 0) is 43.5 Å². The maximum atomic E-state index is 10.5. The lowest BCUT2D eigenvalue weighted by molar-refractivity contribution is 0.107. The van der Waals surface area contributed by atoms with E-state index in [4.69, 9.17) is 9.47 Å². The van der Waals surface area contributed by atoms with Crippen LogP contribution in [0.25, 0.3) is 0 Å². The Labute approximate surface area is 120 Å². The van der Waals surface area contributed by atoms with Crippen molar-refractivity contribution in [3.8, 4) is 11.5 Å². The predicted octanol–water partition coefficient (Wildman–Crippen LogP) is 2.71. The van der Waals surface area contributed by atoms with Crippen LogP contribution < -0.4 is 9.47 Å². The van der Waals surface area contributed by atoms with Gasteiger partial charge in [0.05, 0.1) is 6.10 Å². The first-order chi connectivity index (χ1) is 9.78. The second-order valence-electron chi connectivity index (χ2n) is 5.71. The molecule has 0 amide bonds. The van der Waals surface area contributed by atoms with Gasteiger partial charge in [-0.2, -0.15) is 0 Å². The monoisotopic (exact) mass is 277 g/mol. The Kier molecular flexibility index (Phi) is 4.13. The third-order valence-corrected chi connectivity index (χ3v) is 4.05. The maximum absolute atomic E-state index is 10.5. The highest BCUT2D eigenvalue weighted by Crippen LogP contribution is 2.35. The molecule has 0 spiro atoms. The van der Waals surface area contributed by atoms with Gasteiger partial charge in [-0.3, -0.25) is 4.90 Å². The summed E-state index contributed by atoms with van der Waals surface area (Å²) in [5.74, 6) is 1.51. The molecule has 4 heteroatoms. The van der Waals surface area contributed by atoms with E-state index < -0.39 is 6.10 Å². The van der Waals surface area contributed by atoms with E-state index in [1.165, 1.54) is 25.7 Å². The summed E-state index contributed by atoms with van der Waals surface area (Å²) in [7, 11) is 0. The molecule has 3 rings (SSSR count). The van der Waals surface area contributed by atoms with Crippen LogP contribution in [0.2, 0.25) is 0 Å². The number of aliphatic hydroxyl groups excluding tert-OH is 1. The number of rotatable bonds is 7. The van der Waals surface area contributed by atoms with Gasteiger partial charge in [-0.1, -0.05) is 19.4 Å². The number of fused-ring (bicyclic) bond motifs is 1. The fraction of sp³-hybridized carbons (Fsp3) is 0.625. The third kappa shape index (κ3) is 3.07. The molecule has 1 N–H and O–H groups in total. The van der Waals surface area contributed by atoms with Gasteiger partial charge in [-0.25, -0.2) is 0 Å². The second-order valence-corrected chi connectivity index (χ2v) is 5.71. The topological polar surface area (TPSA) is 41.9 Å². The first-order valence-electron chi connectivity index (χ1n) is 7.59. The number of hydrogen-bond acceptors (Lipinski definition) is 4. The van der Waals surface area contributed by atoms with Crippen LogP contribution in [0.1, 0.15) is 44.3 Å². The highest BCUT2D eigenvalue weighted by molar-refractivity contribution is 5.45. The van der Waals surface area contributed by atoms with Crippen LogP contribution >= 0.6 is 0 Å². The lowest BCUT2D eigenvalue weighted by atomic mass is 10.1. The molecular weight excluding hydrogens is 254 g/mol. The first kappa shape index (κ1) is 13.7. The van der Waals surface area contributed by atoms with Crippen LogP contribution in [0.5, 0.6) is 11.5 Å². The van der Waals surface area contributed by atoms with Crippen LogP contribution in [-0.4, -0.2) is 35.9 Å². The Morgan fingerprint density at radius 3 is 2.85 bits per heavy atom. The normalized spacial score (nSPS) is 18.6. The molecule has 0 bridgehead atoms. The molecule has 20 heavy (non-hydrogen) atoms. The maximum Gasteiger partial charge on any atom is 0.231 e. The van der Waals surface area contributed by atoms with Gasteiger partial charge in [-0.15, -0.1) is 0 Å². The molecule has 1 aliphatic carbocycles. The summed E-state index contributed by atoms with van der Waals surface area (Å²) in [6.45, 7) is 4.28. The van der Waals surface area contributed by atoms with Crippen LogP contribution in [0.15, 0.2) is 18.2 Å². The molecule has 1 aromatic rings. The van der Waals surface area contributed by atoms with Gasteiger partial charge in [0.15, 0.2) is 11.5 Å². The zero-order valence-corrected chi connectivity index (χ0v) is 12.0. The molecule has 1 unspecified atom stereocenters. The molecule has 0 saturated heterocycles. The van der Waals surface area contributed by atoms with Crippen molar-refractivity contribution in [3.05, 3.63) is 23.8 Å². The Balaban J connectivity index is 1.63. The number of benzene rings is 1. The van der Waals surface area contributed by atoms with E-state index in [0.29, 0.717) is 12.6 Å². The van der Waals surface area contributed by atoms with E-state index in [2.05, 4.69) is 11.8 Å². The molecular formula is C16H23NO3. The quantitative estimate of drug-likeness (QED) is 0.832. The van der Waals surface area contributed by atoms with Crippen LogP contribution in [0, 0.1) is 0 Å². The standard InChI is InChI=1S/C16H23NO3/c1-2-3-8-17(13-5-6-13)10-14(18)12-4-7-15-16(9-12)20-11-19-15/h4,7,9,13-14,18H,2-3,5-6,8,10-11H2,1H3. The van der Waals surface area contributed by atoms with Crippen molar-refractivity contribution >= 4 is 0 Å². The molecule has 1 aliphatic heterocycles. The predicted molar refractivity (Wildman–Crippen MR) is 77.0 cm³/mol. The van der Waals surface area contributed by atoms with Crippen molar-refractivity contribution in [3.63, 3.8) is 0 Å². The molecule has 110 valence electrons. The number of unbranched alkanes of at least 4 members (excludes halogenated alkanes) is 1. The van der Waals surface area contributed by atoms with Crippen molar-refractivity contribution in [2.24, 2.45) is 0 Å². The second kappa shape index (κ2) is 6.02. The van der Waals surface area contributed by atoms with Gasteiger partial charge in [0, 0.05) is 12.6 Å². The molecule has 0 radical (unpaired) electrons. The van der Waals surface area contributed by atoms with E-state index in [1.807, 2.05) is 18.2 Å². The van der Waals surface area contributed by atoms with Crippen molar-refractivity contribution in [1.82, 2.24) is 4.90 Å². The molecule has 1 saturated carbocycles. The largest absolute Gasteiger partial charge is 0.454 e. The Morgan fingerprint density at radius 2 is 2.10 bits per heavy atom. The molecule has 1 atom stereocenters. The van der Waals surface area contributed by atoms with Crippen LogP contribution in [-0.2, 0) is 0 Å². The molecule has 2 aliphatic rings. The van der Waals surface area contributed by atoms with Crippen LogP contribution in [0.3, 0.4) is 0 Å². The third-order valence-electron chi connectivity index (χ3n) is 4.05. The van der Waals surface area contributed by atoms with Crippen molar-refractivity contribution in [1.29, 1.82) is 0 Å². The highest BCUT2D eigenvalue weighted by Gasteiger charge is 2.30. The van der Waals surface area contributed by atoms with Gasteiger partial charge >= 0.3 is 0 Å². The lowest BCUT2D eigenvalue weighted by Gasteiger charge is -2.25. The summed E-state index contributed by atoms with van der Waals surface area (Å²) in [4.78, 5) is 2.43. The minimum absolute atomic E-state index is 0.277. The smallest absolute Gasteiger partial charge is 0.231 e. The SMILES string of the molecule is CCCCN(CC(O)c1ccc2c(c1)OCO2)C1CC1.